The van der Waals surface area contributed by atoms with E-state index >= 15 is 0 Å². The number of H-pyrrole nitrogens is 1. The number of aromatic amines is 1. The summed E-state index contributed by atoms with van der Waals surface area (Å²) in [4.78, 5) is 39.6. The van der Waals surface area contributed by atoms with Crippen LogP contribution in [0.5, 0.6) is 0 Å². The number of hydrogen-bond donors (Lipinski definition) is 1. The van der Waals surface area contributed by atoms with Crippen molar-refractivity contribution in [3.8, 4) is 0 Å². The molecular formula is C20H24N6O2. The van der Waals surface area contributed by atoms with E-state index in [1.165, 1.54) is 0 Å². The van der Waals surface area contributed by atoms with Crippen LogP contribution in [0.4, 0.5) is 0 Å². The van der Waals surface area contributed by atoms with E-state index in [-0.39, 0.29) is 17.5 Å². The number of aryl methyl sites for hydroxylation is 1. The third-order valence-electron chi connectivity index (χ3n) is 5.50. The normalized spacial score (nSPS) is 15.1. The fraction of sp³-hybridized carbons (Fsp3) is 0.400. The van der Waals surface area contributed by atoms with Gasteiger partial charge in [-0.2, -0.15) is 0 Å². The Morgan fingerprint density at radius 3 is 2.71 bits per heavy atom. The predicted molar refractivity (Wildman–Crippen MR) is 104 cm³/mol. The zero-order chi connectivity index (χ0) is 19.7. The van der Waals surface area contributed by atoms with Crippen LogP contribution in [0.3, 0.4) is 0 Å². The summed E-state index contributed by atoms with van der Waals surface area (Å²) in [6.45, 7) is 2.92. The highest BCUT2D eigenvalue weighted by molar-refractivity contribution is 5.81. The minimum absolute atomic E-state index is 0.00350. The molecule has 1 N–H and O–H groups in total. The molecule has 3 aromatic rings. The van der Waals surface area contributed by atoms with E-state index in [1.807, 2.05) is 40.9 Å². The van der Waals surface area contributed by atoms with Crippen LogP contribution in [0.25, 0.3) is 0 Å². The van der Waals surface area contributed by atoms with Crippen LogP contribution >= 0.6 is 0 Å². The van der Waals surface area contributed by atoms with Crippen molar-refractivity contribution >= 4 is 5.91 Å². The van der Waals surface area contributed by atoms with Gasteiger partial charge in [-0.05, 0) is 25.5 Å². The minimum Gasteiger partial charge on any atom is -0.348 e. The molecule has 8 heteroatoms. The number of imidazole rings is 1. The molecule has 1 aliphatic rings. The third kappa shape index (κ3) is 3.37. The van der Waals surface area contributed by atoms with Crippen molar-refractivity contribution in [1.29, 1.82) is 0 Å². The Balaban J connectivity index is 1.58. The smallest absolute Gasteiger partial charge is 0.256 e. The quantitative estimate of drug-likeness (QED) is 0.732. The minimum atomic E-state index is -0.353. The van der Waals surface area contributed by atoms with Gasteiger partial charge in [-0.3, -0.25) is 14.2 Å². The molecule has 8 nitrogen and oxygen atoms in total. The largest absolute Gasteiger partial charge is 0.348 e. The first-order chi connectivity index (χ1) is 13.5. The van der Waals surface area contributed by atoms with Crippen molar-refractivity contribution in [2.24, 2.45) is 7.05 Å². The Bertz CT molecular complexity index is 1020. The summed E-state index contributed by atoms with van der Waals surface area (Å²) in [6, 6.07) is 3.48. The molecule has 0 saturated heterocycles. The van der Waals surface area contributed by atoms with Crippen LogP contribution in [0.1, 0.15) is 28.8 Å². The van der Waals surface area contributed by atoms with E-state index < -0.39 is 0 Å². The fourth-order valence-corrected chi connectivity index (χ4v) is 3.78. The summed E-state index contributed by atoms with van der Waals surface area (Å²) in [5.74, 6) is 0.750. The first kappa shape index (κ1) is 18.2. The number of hydrogen-bond acceptors (Lipinski definition) is 4. The molecular weight excluding hydrogens is 356 g/mol. The van der Waals surface area contributed by atoms with E-state index in [2.05, 4.69) is 15.0 Å². The van der Waals surface area contributed by atoms with E-state index in [1.54, 1.807) is 24.1 Å². The molecule has 0 aromatic carbocycles. The van der Waals surface area contributed by atoms with Gasteiger partial charge in [0.25, 0.3) is 5.56 Å². The van der Waals surface area contributed by atoms with Gasteiger partial charge in [0, 0.05) is 62.8 Å². The molecule has 0 bridgehead atoms. The second-order valence-electron chi connectivity index (χ2n) is 7.20. The summed E-state index contributed by atoms with van der Waals surface area (Å²) in [5, 5.41) is 0. The number of aromatic nitrogens is 5. The molecule has 0 saturated carbocycles. The van der Waals surface area contributed by atoms with E-state index in [0.717, 1.165) is 17.0 Å². The third-order valence-corrected chi connectivity index (χ3v) is 5.50. The van der Waals surface area contributed by atoms with Gasteiger partial charge in [-0.15, -0.1) is 0 Å². The lowest BCUT2D eigenvalue weighted by atomic mass is 10.1. The van der Waals surface area contributed by atoms with Gasteiger partial charge in [0.2, 0.25) is 5.91 Å². The zero-order valence-electron chi connectivity index (χ0n) is 16.1. The van der Waals surface area contributed by atoms with Gasteiger partial charge >= 0.3 is 0 Å². The fourth-order valence-electron chi connectivity index (χ4n) is 3.78. The Kier molecular flexibility index (Phi) is 4.85. The number of nitrogens with one attached hydrogen (secondary N) is 1. The predicted octanol–water partition coefficient (Wildman–Crippen LogP) is 1.02. The van der Waals surface area contributed by atoms with Crippen molar-refractivity contribution in [2.45, 2.75) is 32.2 Å². The second-order valence-corrected chi connectivity index (χ2v) is 7.20. The van der Waals surface area contributed by atoms with Crippen molar-refractivity contribution in [3.63, 3.8) is 0 Å². The summed E-state index contributed by atoms with van der Waals surface area (Å²) in [6.07, 6.45) is 8.86. The van der Waals surface area contributed by atoms with Crippen molar-refractivity contribution in [2.75, 3.05) is 13.1 Å². The maximum Gasteiger partial charge on any atom is 0.256 e. The number of carbonyl (C=O) groups excluding carboxylic acids is 1. The van der Waals surface area contributed by atoms with Crippen LogP contribution in [0, 0.1) is 6.92 Å². The highest BCUT2D eigenvalue weighted by Crippen LogP contribution is 2.19. The zero-order valence-corrected chi connectivity index (χ0v) is 16.1. The summed E-state index contributed by atoms with van der Waals surface area (Å²) in [7, 11) is 1.74. The molecule has 4 heterocycles. The first-order valence-electron chi connectivity index (χ1n) is 9.48. The molecule has 1 atom stereocenters. The molecule has 1 unspecified atom stereocenters. The Hall–Kier alpha value is -3.16. The van der Waals surface area contributed by atoms with Crippen LogP contribution in [-0.4, -0.2) is 48.0 Å². The van der Waals surface area contributed by atoms with E-state index in [0.29, 0.717) is 38.2 Å². The lowest BCUT2D eigenvalue weighted by Gasteiger charge is -2.27. The molecule has 0 radical (unpaired) electrons. The lowest BCUT2D eigenvalue weighted by Crippen LogP contribution is -2.39. The van der Waals surface area contributed by atoms with E-state index in [4.69, 9.17) is 0 Å². The average Bonchev–Trinajstić information content (AvgIpc) is 3.36. The molecule has 0 aliphatic carbocycles. The molecule has 28 heavy (non-hydrogen) atoms. The number of rotatable bonds is 4. The summed E-state index contributed by atoms with van der Waals surface area (Å²) < 4.78 is 3.51. The molecule has 1 amide bonds. The Morgan fingerprint density at radius 1 is 1.25 bits per heavy atom. The lowest BCUT2D eigenvalue weighted by molar-refractivity contribution is -0.134. The Morgan fingerprint density at radius 2 is 2.00 bits per heavy atom. The highest BCUT2D eigenvalue weighted by atomic mass is 16.2. The van der Waals surface area contributed by atoms with Crippen LogP contribution < -0.4 is 5.56 Å². The van der Waals surface area contributed by atoms with Crippen LogP contribution in [0.2, 0.25) is 0 Å². The van der Waals surface area contributed by atoms with Crippen LogP contribution in [0.15, 0.2) is 41.8 Å². The number of fused-ring (bicyclic) bond motifs is 1. The second kappa shape index (κ2) is 7.46. The van der Waals surface area contributed by atoms with E-state index in [9.17, 15) is 9.59 Å². The monoisotopic (exact) mass is 380 g/mol. The SMILES string of the molecule is Cc1nc2c(c(=O)n1C)CCN(C(=O)C(Cc1cnc[nH]1)n1cccc1)CC2. The average molecular weight is 380 g/mol. The number of nitrogens with zero attached hydrogens (tertiary/aromatic N) is 5. The molecule has 4 rings (SSSR count). The number of carbonyl (C=O) groups is 1. The van der Waals surface area contributed by atoms with Crippen molar-refractivity contribution in [3.05, 3.63) is 70.2 Å². The number of amides is 1. The maximum absolute atomic E-state index is 13.4. The molecule has 0 fully saturated rings. The van der Waals surface area contributed by atoms with Crippen molar-refractivity contribution < 1.29 is 4.79 Å². The summed E-state index contributed by atoms with van der Waals surface area (Å²) in [5.41, 5.74) is 2.46. The van der Waals surface area contributed by atoms with Gasteiger partial charge in [0.1, 0.15) is 11.9 Å². The summed E-state index contributed by atoms with van der Waals surface area (Å²) >= 11 is 0. The molecule has 0 spiro atoms. The van der Waals surface area contributed by atoms with Gasteiger partial charge < -0.3 is 14.5 Å². The van der Waals surface area contributed by atoms with Crippen LogP contribution in [-0.2, 0) is 31.1 Å². The standard InChI is InChI=1S/C20H24N6O2/c1-14-23-17-6-10-26(9-5-16(17)19(27)24(14)2)20(28)18(25-7-3-4-8-25)11-15-12-21-13-22-15/h3-4,7-8,12-13,18H,5-6,9-11H2,1-2H3,(H,21,22). The Labute approximate surface area is 162 Å². The van der Waals surface area contributed by atoms with Gasteiger partial charge in [-0.25, -0.2) is 9.97 Å². The molecule has 146 valence electrons. The molecule has 1 aliphatic heterocycles. The van der Waals surface area contributed by atoms with Gasteiger partial charge in [0.05, 0.1) is 12.0 Å². The van der Waals surface area contributed by atoms with Gasteiger partial charge in [-0.1, -0.05) is 0 Å². The first-order valence-corrected chi connectivity index (χ1v) is 9.48. The highest BCUT2D eigenvalue weighted by Gasteiger charge is 2.28. The topological polar surface area (TPSA) is 88.8 Å². The van der Waals surface area contributed by atoms with Gasteiger partial charge in [0.15, 0.2) is 0 Å². The molecule has 3 aromatic heterocycles. The maximum atomic E-state index is 13.4. The van der Waals surface area contributed by atoms with Crippen molar-refractivity contribution in [1.82, 2.24) is 29.0 Å².